The minimum atomic E-state index is -0.0602. The minimum absolute atomic E-state index is 0.0602. The zero-order valence-electron chi connectivity index (χ0n) is 10.6. The van der Waals surface area contributed by atoms with Gasteiger partial charge in [0.1, 0.15) is 6.33 Å². The van der Waals surface area contributed by atoms with Crippen LogP contribution in [-0.2, 0) is 7.05 Å². The Labute approximate surface area is 112 Å². The third kappa shape index (κ3) is 1.28. The van der Waals surface area contributed by atoms with E-state index in [4.69, 9.17) is 0 Å². The van der Waals surface area contributed by atoms with E-state index in [1.807, 2.05) is 28.7 Å². The van der Waals surface area contributed by atoms with E-state index in [0.29, 0.717) is 16.9 Å². The predicted molar refractivity (Wildman–Crippen MR) is 72.9 cm³/mol. The molecule has 0 radical (unpaired) electrons. The molecular weight excluding hydrogens is 256 g/mol. The number of para-hydroxylation sites is 1. The van der Waals surface area contributed by atoms with Crippen molar-refractivity contribution >= 4 is 16.6 Å². The molecule has 0 aliphatic rings. The van der Waals surface area contributed by atoms with E-state index < -0.39 is 0 Å². The Morgan fingerprint density at radius 1 is 1.20 bits per heavy atom. The molecule has 20 heavy (non-hydrogen) atoms. The Bertz CT molecular complexity index is 979. The van der Waals surface area contributed by atoms with Crippen molar-refractivity contribution in [3.8, 4) is 5.82 Å². The molecule has 0 amide bonds. The van der Waals surface area contributed by atoms with Crippen LogP contribution in [0.4, 0.5) is 0 Å². The van der Waals surface area contributed by atoms with Crippen LogP contribution in [0.5, 0.6) is 0 Å². The molecule has 7 heteroatoms. The Morgan fingerprint density at radius 2 is 2.05 bits per heavy atom. The number of hydrogen-bond acceptors (Lipinski definition) is 4. The molecule has 0 saturated carbocycles. The van der Waals surface area contributed by atoms with Gasteiger partial charge in [0.05, 0.1) is 23.3 Å². The van der Waals surface area contributed by atoms with Gasteiger partial charge in [0.25, 0.3) is 5.56 Å². The number of benzene rings is 1. The highest BCUT2D eigenvalue weighted by Crippen LogP contribution is 2.17. The third-order valence-corrected chi connectivity index (χ3v) is 3.38. The average Bonchev–Trinajstić information content (AvgIpc) is 3.13. The van der Waals surface area contributed by atoms with E-state index in [1.165, 1.54) is 0 Å². The van der Waals surface area contributed by atoms with Crippen LogP contribution in [0.25, 0.3) is 22.4 Å². The third-order valence-electron chi connectivity index (χ3n) is 3.38. The second kappa shape index (κ2) is 3.77. The van der Waals surface area contributed by atoms with Crippen LogP contribution in [0.1, 0.15) is 0 Å². The van der Waals surface area contributed by atoms with Gasteiger partial charge in [0.15, 0.2) is 11.5 Å². The number of imidazole rings is 1. The summed E-state index contributed by atoms with van der Waals surface area (Å²) in [4.78, 5) is 16.8. The first-order valence-electron chi connectivity index (χ1n) is 6.09. The van der Waals surface area contributed by atoms with E-state index >= 15 is 0 Å². The topological polar surface area (TPSA) is 70.0 Å². The molecule has 0 fully saturated rings. The van der Waals surface area contributed by atoms with Gasteiger partial charge in [-0.2, -0.15) is 4.68 Å². The largest absolute Gasteiger partial charge is 0.294 e. The number of aryl methyl sites for hydroxylation is 1. The van der Waals surface area contributed by atoms with Gasteiger partial charge in [0, 0.05) is 7.05 Å². The van der Waals surface area contributed by atoms with Gasteiger partial charge in [-0.1, -0.05) is 17.3 Å². The van der Waals surface area contributed by atoms with E-state index in [1.54, 1.807) is 35.0 Å². The summed E-state index contributed by atoms with van der Waals surface area (Å²) in [6.07, 6.45) is 4.96. The predicted octanol–water partition coefficient (Wildman–Crippen LogP) is 0.767. The second-order valence-electron chi connectivity index (χ2n) is 4.49. The molecule has 3 heterocycles. The minimum Gasteiger partial charge on any atom is -0.294 e. The summed E-state index contributed by atoms with van der Waals surface area (Å²) >= 11 is 0. The summed E-state index contributed by atoms with van der Waals surface area (Å²) in [5, 5.41) is 8.37. The monoisotopic (exact) mass is 266 g/mol. The number of fused-ring (bicyclic) bond motifs is 3. The molecule has 0 N–H and O–H groups in total. The van der Waals surface area contributed by atoms with Crippen molar-refractivity contribution in [2.24, 2.45) is 7.05 Å². The average molecular weight is 266 g/mol. The summed E-state index contributed by atoms with van der Waals surface area (Å²) in [7, 11) is 1.73. The second-order valence-corrected chi connectivity index (χ2v) is 4.49. The smallest absolute Gasteiger partial charge is 0.261 e. The Kier molecular flexibility index (Phi) is 2.06. The SMILES string of the molecule is Cn1c(=O)c2ccccc2n2cnc(-n3ccnn3)c12. The molecule has 0 atom stereocenters. The van der Waals surface area contributed by atoms with E-state index in [-0.39, 0.29) is 5.56 Å². The molecule has 98 valence electrons. The maximum atomic E-state index is 12.4. The lowest BCUT2D eigenvalue weighted by atomic mass is 10.2. The van der Waals surface area contributed by atoms with Crippen LogP contribution in [0, 0.1) is 0 Å². The quantitative estimate of drug-likeness (QED) is 0.510. The highest BCUT2D eigenvalue weighted by atomic mass is 16.1. The number of aromatic nitrogens is 6. The van der Waals surface area contributed by atoms with Gasteiger partial charge in [0.2, 0.25) is 0 Å². The molecule has 3 aromatic heterocycles. The van der Waals surface area contributed by atoms with Crippen molar-refractivity contribution in [3.05, 3.63) is 53.3 Å². The first-order chi connectivity index (χ1) is 9.77. The summed E-state index contributed by atoms with van der Waals surface area (Å²) < 4.78 is 5.00. The van der Waals surface area contributed by atoms with Gasteiger partial charge in [-0.05, 0) is 12.1 Å². The number of nitrogens with zero attached hydrogens (tertiary/aromatic N) is 6. The Morgan fingerprint density at radius 3 is 2.85 bits per heavy atom. The number of rotatable bonds is 1. The Hall–Kier alpha value is -2.96. The molecule has 7 nitrogen and oxygen atoms in total. The molecule has 4 aromatic rings. The van der Waals surface area contributed by atoms with E-state index in [0.717, 1.165) is 5.52 Å². The molecule has 0 aliphatic heterocycles. The summed E-state index contributed by atoms with van der Waals surface area (Å²) in [6.45, 7) is 0. The molecular formula is C13H10N6O. The number of hydrogen-bond donors (Lipinski definition) is 0. The zero-order valence-corrected chi connectivity index (χ0v) is 10.6. The maximum absolute atomic E-state index is 12.4. The fraction of sp³-hybridized carbons (Fsp3) is 0.0769. The van der Waals surface area contributed by atoms with E-state index in [2.05, 4.69) is 15.3 Å². The van der Waals surface area contributed by atoms with Gasteiger partial charge in [-0.3, -0.25) is 13.8 Å². The molecule has 0 spiro atoms. The van der Waals surface area contributed by atoms with Crippen molar-refractivity contribution in [2.75, 3.05) is 0 Å². The summed E-state index contributed by atoms with van der Waals surface area (Å²) in [5.74, 6) is 0.577. The van der Waals surface area contributed by atoms with Crippen LogP contribution in [0.3, 0.4) is 0 Å². The van der Waals surface area contributed by atoms with Crippen LogP contribution >= 0.6 is 0 Å². The normalized spacial score (nSPS) is 11.4. The van der Waals surface area contributed by atoms with Crippen LogP contribution in [0.2, 0.25) is 0 Å². The zero-order chi connectivity index (χ0) is 13.7. The van der Waals surface area contributed by atoms with Crippen LogP contribution in [-0.4, -0.2) is 28.9 Å². The van der Waals surface area contributed by atoms with Crippen molar-refractivity contribution in [1.82, 2.24) is 28.9 Å². The van der Waals surface area contributed by atoms with Gasteiger partial charge in [-0.15, -0.1) is 5.10 Å². The Balaban J connectivity index is 2.25. The first kappa shape index (κ1) is 10.9. The van der Waals surface area contributed by atoms with Crippen molar-refractivity contribution in [1.29, 1.82) is 0 Å². The molecule has 4 rings (SSSR count). The first-order valence-corrected chi connectivity index (χ1v) is 6.09. The van der Waals surface area contributed by atoms with Crippen molar-refractivity contribution in [3.63, 3.8) is 0 Å². The molecule has 0 aliphatic carbocycles. The van der Waals surface area contributed by atoms with Gasteiger partial charge in [-0.25, -0.2) is 4.98 Å². The molecule has 1 aromatic carbocycles. The summed E-state index contributed by atoms with van der Waals surface area (Å²) in [6, 6.07) is 7.46. The van der Waals surface area contributed by atoms with Gasteiger partial charge < -0.3 is 0 Å². The fourth-order valence-electron chi connectivity index (χ4n) is 2.44. The fourth-order valence-corrected chi connectivity index (χ4v) is 2.44. The highest BCUT2D eigenvalue weighted by Gasteiger charge is 2.14. The molecule has 0 saturated heterocycles. The standard InChI is InChI=1S/C13H10N6O/c1-17-12-11(19-7-6-15-16-19)14-8-18(12)10-5-3-2-4-9(10)13(17)20/h2-8H,1H3. The van der Waals surface area contributed by atoms with Crippen LogP contribution in [0.15, 0.2) is 47.8 Å². The van der Waals surface area contributed by atoms with Crippen LogP contribution < -0.4 is 5.56 Å². The van der Waals surface area contributed by atoms with Crippen molar-refractivity contribution < 1.29 is 0 Å². The van der Waals surface area contributed by atoms with E-state index in [9.17, 15) is 4.79 Å². The highest BCUT2D eigenvalue weighted by molar-refractivity contribution is 5.82. The van der Waals surface area contributed by atoms with Crippen molar-refractivity contribution in [2.45, 2.75) is 0 Å². The lowest BCUT2D eigenvalue weighted by Gasteiger charge is -2.07. The lowest BCUT2D eigenvalue weighted by molar-refractivity contribution is 0.779. The summed E-state index contributed by atoms with van der Waals surface area (Å²) in [5.41, 5.74) is 1.44. The lowest BCUT2D eigenvalue weighted by Crippen LogP contribution is -2.20. The molecule has 0 bridgehead atoms. The van der Waals surface area contributed by atoms with Gasteiger partial charge >= 0.3 is 0 Å². The maximum Gasteiger partial charge on any atom is 0.261 e. The molecule has 0 unspecified atom stereocenters.